The van der Waals surface area contributed by atoms with Crippen LogP contribution in [0.15, 0.2) is 18.2 Å². The summed E-state index contributed by atoms with van der Waals surface area (Å²) in [6.45, 7) is 3.79. The third-order valence-corrected chi connectivity index (χ3v) is 6.02. The summed E-state index contributed by atoms with van der Waals surface area (Å²) in [5.41, 5.74) is 1.04. The number of amides is 1. The minimum Gasteiger partial charge on any atom is -0.454 e. The van der Waals surface area contributed by atoms with Gasteiger partial charge in [0.05, 0.1) is 18.1 Å². The minimum atomic E-state index is -2.98. The molecule has 7 nitrogen and oxygen atoms in total. The number of fused-ring (bicyclic) bond motifs is 1. The van der Waals surface area contributed by atoms with E-state index in [4.69, 9.17) is 9.47 Å². The Bertz CT molecular complexity index is 719. The molecule has 1 amide bonds. The standard InChI is InChI=1S/C16H22N2O5S/c1-2-18(8-12-3-4-14-15(7-12)23-11-22-14)9-16(19)17-13-5-6-24(20,21)10-13/h3-4,7,13H,2,5-6,8-11H2,1H3,(H,17,19). The second kappa shape index (κ2) is 6.98. The average Bonchev–Trinajstić information content (AvgIpc) is 3.12. The summed E-state index contributed by atoms with van der Waals surface area (Å²) in [5.74, 6) is 1.53. The molecule has 1 atom stereocenters. The van der Waals surface area contributed by atoms with Crippen LogP contribution in [-0.2, 0) is 21.2 Å². The maximum Gasteiger partial charge on any atom is 0.234 e. The molecule has 2 heterocycles. The van der Waals surface area contributed by atoms with Crippen LogP contribution in [0.1, 0.15) is 18.9 Å². The molecule has 24 heavy (non-hydrogen) atoms. The third-order valence-electron chi connectivity index (χ3n) is 4.26. The van der Waals surface area contributed by atoms with Crippen LogP contribution in [0.2, 0.25) is 0 Å². The maximum absolute atomic E-state index is 12.2. The molecule has 8 heteroatoms. The van der Waals surface area contributed by atoms with E-state index in [-0.39, 0.29) is 36.8 Å². The van der Waals surface area contributed by atoms with Crippen molar-refractivity contribution in [1.82, 2.24) is 10.2 Å². The van der Waals surface area contributed by atoms with Crippen molar-refractivity contribution >= 4 is 15.7 Å². The Morgan fingerprint density at radius 2 is 2.12 bits per heavy atom. The van der Waals surface area contributed by atoms with Gasteiger partial charge >= 0.3 is 0 Å². The molecule has 1 aromatic rings. The van der Waals surface area contributed by atoms with E-state index in [1.54, 1.807) is 0 Å². The van der Waals surface area contributed by atoms with Gasteiger partial charge in [0.15, 0.2) is 21.3 Å². The number of benzene rings is 1. The van der Waals surface area contributed by atoms with Crippen LogP contribution in [0.3, 0.4) is 0 Å². The number of rotatable bonds is 6. The highest BCUT2D eigenvalue weighted by molar-refractivity contribution is 7.91. The molecule has 1 aromatic carbocycles. The fourth-order valence-electron chi connectivity index (χ4n) is 2.96. The minimum absolute atomic E-state index is 0.0486. The summed E-state index contributed by atoms with van der Waals surface area (Å²) in [7, 11) is -2.98. The third kappa shape index (κ3) is 4.18. The Morgan fingerprint density at radius 3 is 2.83 bits per heavy atom. The Labute approximate surface area is 141 Å². The van der Waals surface area contributed by atoms with Gasteiger partial charge in [0, 0.05) is 12.6 Å². The summed E-state index contributed by atoms with van der Waals surface area (Å²) < 4.78 is 33.6. The zero-order chi connectivity index (χ0) is 17.2. The fourth-order valence-corrected chi connectivity index (χ4v) is 4.64. The van der Waals surface area contributed by atoms with Crippen molar-refractivity contribution in [2.45, 2.75) is 25.9 Å². The van der Waals surface area contributed by atoms with Crippen LogP contribution in [0.4, 0.5) is 0 Å². The number of sulfone groups is 1. The first-order chi connectivity index (χ1) is 11.4. The van der Waals surface area contributed by atoms with E-state index >= 15 is 0 Å². The molecule has 0 bridgehead atoms. The van der Waals surface area contributed by atoms with E-state index in [9.17, 15) is 13.2 Å². The Kier molecular flexibility index (Phi) is 4.96. The van der Waals surface area contributed by atoms with Crippen molar-refractivity contribution < 1.29 is 22.7 Å². The van der Waals surface area contributed by atoms with Crippen molar-refractivity contribution in [2.75, 3.05) is 31.4 Å². The van der Waals surface area contributed by atoms with Crippen molar-refractivity contribution in [1.29, 1.82) is 0 Å². The second-order valence-corrected chi connectivity index (χ2v) is 8.39. The monoisotopic (exact) mass is 354 g/mol. The molecule has 0 aliphatic carbocycles. The Hall–Kier alpha value is -1.80. The fraction of sp³-hybridized carbons (Fsp3) is 0.562. The highest BCUT2D eigenvalue weighted by Crippen LogP contribution is 2.32. The summed E-state index contributed by atoms with van der Waals surface area (Å²) >= 11 is 0. The number of nitrogens with one attached hydrogen (secondary N) is 1. The van der Waals surface area contributed by atoms with Crippen LogP contribution < -0.4 is 14.8 Å². The zero-order valence-corrected chi connectivity index (χ0v) is 14.5. The molecular weight excluding hydrogens is 332 g/mol. The summed E-state index contributed by atoms with van der Waals surface area (Å²) in [5, 5.41) is 2.82. The van der Waals surface area contributed by atoms with Gasteiger partial charge < -0.3 is 14.8 Å². The van der Waals surface area contributed by atoms with Gasteiger partial charge in [0.25, 0.3) is 0 Å². The number of carbonyl (C=O) groups is 1. The summed E-state index contributed by atoms with van der Waals surface area (Å²) in [6.07, 6.45) is 0.502. The van der Waals surface area contributed by atoms with Gasteiger partial charge in [0.1, 0.15) is 0 Å². The smallest absolute Gasteiger partial charge is 0.234 e. The van der Waals surface area contributed by atoms with Gasteiger partial charge in [-0.25, -0.2) is 8.42 Å². The van der Waals surface area contributed by atoms with Crippen LogP contribution >= 0.6 is 0 Å². The van der Waals surface area contributed by atoms with E-state index in [1.807, 2.05) is 30.0 Å². The van der Waals surface area contributed by atoms with Crippen molar-refractivity contribution in [2.24, 2.45) is 0 Å². The van der Waals surface area contributed by atoms with Crippen LogP contribution in [-0.4, -0.2) is 56.7 Å². The molecule has 0 saturated carbocycles. The predicted octanol–water partition coefficient (Wildman–Crippen LogP) is 0.540. The number of carbonyl (C=O) groups excluding carboxylic acids is 1. The summed E-state index contributed by atoms with van der Waals surface area (Å²) in [4.78, 5) is 14.2. The number of hydrogen-bond acceptors (Lipinski definition) is 6. The lowest BCUT2D eigenvalue weighted by Crippen LogP contribution is -2.42. The van der Waals surface area contributed by atoms with E-state index in [1.165, 1.54) is 0 Å². The molecule has 1 saturated heterocycles. The SMILES string of the molecule is CCN(CC(=O)NC1CCS(=O)(=O)C1)Cc1ccc2c(c1)OCO2. The van der Waals surface area contributed by atoms with Crippen molar-refractivity contribution in [3.05, 3.63) is 23.8 Å². The number of ether oxygens (including phenoxy) is 2. The zero-order valence-electron chi connectivity index (χ0n) is 13.7. The van der Waals surface area contributed by atoms with Crippen LogP contribution in [0, 0.1) is 0 Å². The lowest BCUT2D eigenvalue weighted by Gasteiger charge is -2.21. The van der Waals surface area contributed by atoms with E-state index in [0.717, 1.165) is 17.1 Å². The van der Waals surface area contributed by atoms with E-state index in [0.29, 0.717) is 19.5 Å². The lowest BCUT2D eigenvalue weighted by atomic mass is 10.2. The maximum atomic E-state index is 12.2. The van der Waals surface area contributed by atoms with Crippen molar-refractivity contribution in [3.63, 3.8) is 0 Å². The molecular formula is C16H22N2O5S. The molecule has 3 rings (SSSR count). The van der Waals surface area contributed by atoms with Crippen LogP contribution in [0.25, 0.3) is 0 Å². The molecule has 1 fully saturated rings. The largest absolute Gasteiger partial charge is 0.454 e. The summed E-state index contributed by atoms with van der Waals surface area (Å²) in [6, 6.07) is 5.49. The second-order valence-electron chi connectivity index (χ2n) is 6.16. The van der Waals surface area contributed by atoms with E-state index in [2.05, 4.69) is 5.32 Å². The quantitative estimate of drug-likeness (QED) is 0.803. The van der Waals surface area contributed by atoms with E-state index < -0.39 is 9.84 Å². The average molecular weight is 354 g/mol. The number of likely N-dealkylation sites (N-methyl/N-ethyl adjacent to an activating group) is 1. The topological polar surface area (TPSA) is 84.9 Å². The highest BCUT2D eigenvalue weighted by atomic mass is 32.2. The Morgan fingerprint density at radius 1 is 1.33 bits per heavy atom. The number of nitrogens with zero attached hydrogens (tertiary/aromatic N) is 1. The normalized spacial score (nSPS) is 21.2. The Balaban J connectivity index is 1.53. The first-order valence-electron chi connectivity index (χ1n) is 8.06. The first-order valence-corrected chi connectivity index (χ1v) is 9.88. The molecule has 1 N–H and O–H groups in total. The van der Waals surface area contributed by atoms with Gasteiger partial charge in [-0.1, -0.05) is 13.0 Å². The lowest BCUT2D eigenvalue weighted by molar-refractivity contribution is -0.122. The van der Waals surface area contributed by atoms with Gasteiger partial charge in [0.2, 0.25) is 12.7 Å². The van der Waals surface area contributed by atoms with Gasteiger partial charge in [-0.2, -0.15) is 0 Å². The predicted molar refractivity (Wildman–Crippen MR) is 88.7 cm³/mol. The number of hydrogen-bond donors (Lipinski definition) is 1. The van der Waals surface area contributed by atoms with Crippen LogP contribution in [0.5, 0.6) is 11.5 Å². The molecule has 2 aliphatic rings. The molecule has 2 aliphatic heterocycles. The molecule has 0 aromatic heterocycles. The van der Waals surface area contributed by atoms with Crippen molar-refractivity contribution in [3.8, 4) is 11.5 Å². The highest BCUT2D eigenvalue weighted by Gasteiger charge is 2.29. The van der Waals surface area contributed by atoms with Gasteiger partial charge in [-0.3, -0.25) is 9.69 Å². The molecule has 0 radical (unpaired) electrons. The van der Waals surface area contributed by atoms with Gasteiger partial charge in [-0.05, 0) is 30.7 Å². The van der Waals surface area contributed by atoms with Gasteiger partial charge in [-0.15, -0.1) is 0 Å². The first kappa shape index (κ1) is 17.0. The molecule has 132 valence electrons. The molecule has 1 unspecified atom stereocenters. The molecule has 0 spiro atoms.